The lowest BCUT2D eigenvalue weighted by Gasteiger charge is -2.20. The van der Waals surface area contributed by atoms with Crippen LogP contribution in [-0.4, -0.2) is 62.6 Å². The molecule has 1 aliphatic rings. The second-order valence-corrected chi connectivity index (χ2v) is 4.17. The summed E-state index contributed by atoms with van der Waals surface area (Å²) in [6.07, 6.45) is 3.46. The average Bonchev–Trinajstić information content (AvgIpc) is 2.71. The quantitative estimate of drug-likeness (QED) is 0.603. The van der Waals surface area contributed by atoms with Crippen LogP contribution < -0.4 is 5.32 Å². The Balaban J connectivity index is 2.04. The minimum absolute atomic E-state index is 0.227. The number of methoxy groups -OCH3 is 1. The molecule has 1 fully saturated rings. The Morgan fingerprint density at radius 2 is 2.13 bits per heavy atom. The number of ether oxygens (including phenoxy) is 1. The number of hydrogen-bond acceptors (Lipinski definition) is 4. The zero-order valence-corrected chi connectivity index (χ0v) is 9.74. The Kier molecular flexibility index (Phi) is 6.92. The fraction of sp³-hybridized carbons (Fsp3) is 1.00. The van der Waals surface area contributed by atoms with Crippen LogP contribution in [0.3, 0.4) is 0 Å². The topological polar surface area (TPSA) is 44.7 Å². The van der Waals surface area contributed by atoms with E-state index in [1.54, 1.807) is 7.11 Å². The van der Waals surface area contributed by atoms with Gasteiger partial charge in [0.25, 0.3) is 0 Å². The van der Waals surface area contributed by atoms with Gasteiger partial charge in [-0.3, -0.25) is 0 Å². The van der Waals surface area contributed by atoms with Gasteiger partial charge < -0.3 is 20.1 Å². The molecule has 0 aromatic rings. The Morgan fingerprint density at radius 3 is 2.73 bits per heavy atom. The molecule has 1 saturated heterocycles. The van der Waals surface area contributed by atoms with E-state index in [9.17, 15) is 0 Å². The molecule has 1 unspecified atom stereocenters. The van der Waals surface area contributed by atoms with Crippen molar-refractivity contribution in [2.24, 2.45) is 0 Å². The first-order valence-corrected chi connectivity index (χ1v) is 5.92. The highest BCUT2D eigenvalue weighted by atomic mass is 16.5. The summed E-state index contributed by atoms with van der Waals surface area (Å²) >= 11 is 0. The zero-order valence-electron chi connectivity index (χ0n) is 9.74. The SMILES string of the molecule is COCC(CCO)NCCN1CCCC1. The first kappa shape index (κ1) is 12.9. The van der Waals surface area contributed by atoms with Crippen molar-refractivity contribution in [2.75, 3.05) is 46.5 Å². The third-order valence-corrected chi connectivity index (χ3v) is 2.91. The van der Waals surface area contributed by atoms with Crippen molar-refractivity contribution in [1.82, 2.24) is 10.2 Å². The molecule has 4 nitrogen and oxygen atoms in total. The molecule has 0 aliphatic carbocycles. The highest BCUT2D eigenvalue weighted by Gasteiger charge is 2.12. The predicted molar refractivity (Wildman–Crippen MR) is 61.0 cm³/mol. The molecule has 0 bridgehead atoms. The molecule has 4 heteroatoms. The van der Waals surface area contributed by atoms with E-state index in [0.717, 1.165) is 19.5 Å². The van der Waals surface area contributed by atoms with E-state index < -0.39 is 0 Å². The van der Waals surface area contributed by atoms with Gasteiger partial charge in [0.2, 0.25) is 0 Å². The van der Waals surface area contributed by atoms with E-state index in [0.29, 0.717) is 12.6 Å². The number of nitrogens with one attached hydrogen (secondary N) is 1. The summed E-state index contributed by atoms with van der Waals surface area (Å²) in [4.78, 5) is 2.48. The molecule has 15 heavy (non-hydrogen) atoms. The lowest BCUT2D eigenvalue weighted by atomic mass is 10.2. The van der Waals surface area contributed by atoms with E-state index in [2.05, 4.69) is 10.2 Å². The van der Waals surface area contributed by atoms with Gasteiger partial charge >= 0.3 is 0 Å². The first-order valence-electron chi connectivity index (χ1n) is 5.92. The number of hydrogen-bond donors (Lipinski definition) is 2. The third-order valence-electron chi connectivity index (χ3n) is 2.91. The Bertz CT molecular complexity index is 144. The molecule has 0 aromatic carbocycles. The molecular formula is C11H24N2O2. The molecule has 1 heterocycles. The van der Waals surface area contributed by atoms with Crippen molar-refractivity contribution < 1.29 is 9.84 Å². The molecule has 90 valence electrons. The van der Waals surface area contributed by atoms with Gasteiger partial charge in [-0.2, -0.15) is 0 Å². The van der Waals surface area contributed by atoms with Crippen molar-refractivity contribution in [3.8, 4) is 0 Å². The van der Waals surface area contributed by atoms with Gasteiger partial charge in [0.15, 0.2) is 0 Å². The second kappa shape index (κ2) is 8.05. The molecule has 2 N–H and O–H groups in total. The summed E-state index contributed by atoms with van der Waals surface area (Å²) in [7, 11) is 1.70. The maximum absolute atomic E-state index is 8.87. The van der Waals surface area contributed by atoms with E-state index in [-0.39, 0.29) is 6.61 Å². The lowest BCUT2D eigenvalue weighted by Crippen LogP contribution is -2.39. The monoisotopic (exact) mass is 216 g/mol. The minimum Gasteiger partial charge on any atom is -0.396 e. The normalized spacial score (nSPS) is 19.6. The lowest BCUT2D eigenvalue weighted by molar-refractivity contribution is 0.147. The molecule has 1 atom stereocenters. The number of aliphatic hydroxyl groups excluding tert-OH is 1. The van der Waals surface area contributed by atoms with Crippen LogP contribution in [0.25, 0.3) is 0 Å². The Morgan fingerprint density at radius 1 is 1.40 bits per heavy atom. The fourth-order valence-electron chi connectivity index (χ4n) is 2.03. The van der Waals surface area contributed by atoms with Crippen LogP contribution in [0.4, 0.5) is 0 Å². The maximum atomic E-state index is 8.87. The first-order chi connectivity index (χ1) is 7.36. The molecule has 0 radical (unpaired) electrons. The van der Waals surface area contributed by atoms with Crippen LogP contribution in [0.15, 0.2) is 0 Å². The summed E-state index contributed by atoms with van der Waals surface area (Å²) < 4.78 is 5.09. The van der Waals surface area contributed by atoms with Gasteiger partial charge in [-0.25, -0.2) is 0 Å². The summed E-state index contributed by atoms with van der Waals surface area (Å²) in [5, 5.41) is 12.3. The van der Waals surface area contributed by atoms with Crippen LogP contribution >= 0.6 is 0 Å². The van der Waals surface area contributed by atoms with Crippen molar-refractivity contribution in [3.63, 3.8) is 0 Å². The average molecular weight is 216 g/mol. The van der Waals surface area contributed by atoms with E-state index in [1.807, 2.05) is 0 Å². The van der Waals surface area contributed by atoms with Gasteiger partial charge in [0, 0.05) is 32.8 Å². The van der Waals surface area contributed by atoms with E-state index >= 15 is 0 Å². The van der Waals surface area contributed by atoms with Crippen LogP contribution in [0.5, 0.6) is 0 Å². The van der Waals surface area contributed by atoms with Gasteiger partial charge in [0.1, 0.15) is 0 Å². The zero-order chi connectivity index (χ0) is 10.9. The highest BCUT2D eigenvalue weighted by Crippen LogP contribution is 2.05. The summed E-state index contributed by atoms with van der Waals surface area (Å²) in [5.41, 5.74) is 0. The van der Waals surface area contributed by atoms with Crippen LogP contribution in [-0.2, 0) is 4.74 Å². The minimum atomic E-state index is 0.227. The van der Waals surface area contributed by atoms with Crippen molar-refractivity contribution in [2.45, 2.75) is 25.3 Å². The molecule has 0 amide bonds. The summed E-state index contributed by atoms with van der Waals surface area (Å²) in [6.45, 7) is 5.51. The third kappa shape index (κ3) is 5.47. The molecule has 0 spiro atoms. The van der Waals surface area contributed by atoms with Gasteiger partial charge in [-0.1, -0.05) is 0 Å². The van der Waals surface area contributed by atoms with Crippen LogP contribution in [0.2, 0.25) is 0 Å². The second-order valence-electron chi connectivity index (χ2n) is 4.17. The summed E-state index contributed by atoms with van der Waals surface area (Å²) in [5.74, 6) is 0. The smallest absolute Gasteiger partial charge is 0.0616 e. The van der Waals surface area contributed by atoms with Gasteiger partial charge in [-0.05, 0) is 32.4 Å². The fourth-order valence-corrected chi connectivity index (χ4v) is 2.03. The number of rotatable bonds is 8. The number of nitrogens with zero attached hydrogens (tertiary/aromatic N) is 1. The molecule has 0 aromatic heterocycles. The van der Waals surface area contributed by atoms with Crippen molar-refractivity contribution >= 4 is 0 Å². The molecule has 1 rings (SSSR count). The Hall–Kier alpha value is -0.160. The maximum Gasteiger partial charge on any atom is 0.0616 e. The van der Waals surface area contributed by atoms with Crippen LogP contribution in [0.1, 0.15) is 19.3 Å². The van der Waals surface area contributed by atoms with Crippen molar-refractivity contribution in [1.29, 1.82) is 0 Å². The van der Waals surface area contributed by atoms with Crippen LogP contribution in [0, 0.1) is 0 Å². The molecular weight excluding hydrogens is 192 g/mol. The molecule has 1 aliphatic heterocycles. The van der Waals surface area contributed by atoms with Crippen molar-refractivity contribution in [3.05, 3.63) is 0 Å². The van der Waals surface area contributed by atoms with E-state index in [1.165, 1.54) is 25.9 Å². The Labute approximate surface area is 92.6 Å². The standard InChI is InChI=1S/C11H24N2O2/c1-15-10-11(4-9-14)12-5-8-13-6-2-3-7-13/h11-12,14H,2-10H2,1H3. The number of likely N-dealkylation sites (tertiary alicyclic amines) is 1. The molecule has 0 saturated carbocycles. The predicted octanol–water partition coefficient (Wildman–Crippen LogP) is 0.0692. The van der Waals surface area contributed by atoms with Gasteiger partial charge in [0.05, 0.1) is 6.61 Å². The van der Waals surface area contributed by atoms with E-state index in [4.69, 9.17) is 9.84 Å². The summed E-state index contributed by atoms with van der Waals surface area (Å²) in [6, 6.07) is 0.294. The highest BCUT2D eigenvalue weighted by molar-refractivity contribution is 4.70. The largest absolute Gasteiger partial charge is 0.396 e. The number of aliphatic hydroxyl groups is 1. The van der Waals surface area contributed by atoms with Gasteiger partial charge in [-0.15, -0.1) is 0 Å².